The highest BCUT2D eigenvalue weighted by Crippen LogP contribution is 2.45. The van der Waals surface area contributed by atoms with Gasteiger partial charge < -0.3 is 9.26 Å². The van der Waals surface area contributed by atoms with Gasteiger partial charge in [-0.25, -0.2) is 0 Å². The lowest BCUT2D eigenvalue weighted by molar-refractivity contribution is -0.0725. The van der Waals surface area contributed by atoms with Gasteiger partial charge in [0.1, 0.15) is 0 Å². The van der Waals surface area contributed by atoms with Crippen LogP contribution in [0.5, 0.6) is 0 Å². The fourth-order valence-corrected chi connectivity index (χ4v) is 4.61. The summed E-state index contributed by atoms with van der Waals surface area (Å²) in [5.74, 6) is 1.59. The number of hydrogen-bond donors (Lipinski definition) is 0. The zero-order valence-corrected chi connectivity index (χ0v) is 16.1. The molecule has 0 unspecified atom stereocenters. The quantitative estimate of drug-likeness (QED) is 0.834. The van der Waals surface area contributed by atoms with E-state index in [-0.39, 0.29) is 17.6 Å². The molecule has 0 radical (unpaired) electrons. The van der Waals surface area contributed by atoms with Crippen molar-refractivity contribution >= 4 is 0 Å². The van der Waals surface area contributed by atoms with Crippen LogP contribution >= 0.6 is 0 Å². The summed E-state index contributed by atoms with van der Waals surface area (Å²) in [6.07, 6.45) is 5.12. The lowest BCUT2D eigenvalue weighted by Crippen LogP contribution is -2.44. The van der Waals surface area contributed by atoms with Gasteiger partial charge in [0.15, 0.2) is 5.82 Å². The maximum absolute atomic E-state index is 5.82. The van der Waals surface area contributed by atoms with E-state index < -0.39 is 0 Å². The van der Waals surface area contributed by atoms with Gasteiger partial charge in [0.2, 0.25) is 5.89 Å². The Kier molecular flexibility index (Phi) is 4.84. The Labute approximate surface area is 155 Å². The van der Waals surface area contributed by atoms with E-state index in [0.717, 1.165) is 37.6 Å². The molecule has 1 aliphatic carbocycles. The van der Waals surface area contributed by atoms with E-state index in [2.05, 4.69) is 55.1 Å². The number of morpholine rings is 1. The third-order valence-electron chi connectivity index (χ3n) is 5.81. The van der Waals surface area contributed by atoms with Gasteiger partial charge in [-0.05, 0) is 39.2 Å². The third kappa shape index (κ3) is 3.42. The molecule has 1 aliphatic heterocycles. The van der Waals surface area contributed by atoms with Crippen molar-refractivity contribution in [2.75, 3.05) is 13.1 Å². The first kappa shape index (κ1) is 17.7. The van der Waals surface area contributed by atoms with Gasteiger partial charge in [0.25, 0.3) is 0 Å². The van der Waals surface area contributed by atoms with Crippen molar-refractivity contribution < 1.29 is 9.26 Å². The molecule has 140 valence electrons. The number of hydrogen-bond acceptors (Lipinski definition) is 5. The topological polar surface area (TPSA) is 51.4 Å². The first-order chi connectivity index (χ1) is 12.5. The highest BCUT2D eigenvalue weighted by atomic mass is 16.5. The molecule has 5 nitrogen and oxygen atoms in total. The molecule has 2 aliphatic rings. The van der Waals surface area contributed by atoms with Crippen LogP contribution in [0.3, 0.4) is 0 Å². The minimum absolute atomic E-state index is 0.0823. The second-order valence-corrected chi connectivity index (χ2v) is 8.12. The Morgan fingerprint density at radius 2 is 1.73 bits per heavy atom. The van der Waals surface area contributed by atoms with Crippen LogP contribution in [0.15, 0.2) is 28.8 Å². The fraction of sp³-hybridized carbons (Fsp3) is 0.619. The maximum atomic E-state index is 5.82. The van der Waals surface area contributed by atoms with Gasteiger partial charge >= 0.3 is 0 Å². The maximum Gasteiger partial charge on any atom is 0.240 e. The molecule has 0 N–H and O–H groups in total. The van der Waals surface area contributed by atoms with Crippen molar-refractivity contribution in [3.63, 3.8) is 0 Å². The molecule has 0 amide bonds. The molecular weight excluding hydrogens is 326 g/mol. The van der Waals surface area contributed by atoms with Gasteiger partial charge in [-0.1, -0.05) is 47.8 Å². The predicted molar refractivity (Wildman–Crippen MR) is 100 cm³/mol. The van der Waals surface area contributed by atoms with Crippen LogP contribution in [-0.4, -0.2) is 40.3 Å². The van der Waals surface area contributed by atoms with E-state index in [9.17, 15) is 0 Å². The number of aromatic nitrogens is 2. The summed E-state index contributed by atoms with van der Waals surface area (Å²) in [6.45, 7) is 8.88. The van der Waals surface area contributed by atoms with E-state index >= 15 is 0 Å². The van der Waals surface area contributed by atoms with Gasteiger partial charge in [0.05, 0.1) is 24.2 Å². The first-order valence-electron chi connectivity index (χ1n) is 9.83. The Morgan fingerprint density at radius 3 is 2.38 bits per heavy atom. The van der Waals surface area contributed by atoms with Gasteiger partial charge in [-0.2, -0.15) is 4.98 Å². The number of nitrogens with zero attached hydrogens (tertiary/aromatic N) is 3. The average Bonchev–Trinajstić information content (AvgIpc) is 3.24. The normalized spacial score (nSPS) is 26.3. The van der Waals surface area contributed by atoms with Crippen LogP contribution in [0, 0.1) is 6.92 Å². The number of ether oxygens (including phenoxy) is 1. The van der Waals surface area contributed by atoms with E-state index in [1.54, 1.807) is 0 Å². The average molecular weight is 355 g/mol. The van der Waals surface area contributed by atoms with E-state index in [4.69, 9.17) is 14.2 Å². The van der Waals surface area contributed by atoms with Crippen molar-refractivity contribution in [1.29, 1.82) is 0 Å². The Morgan fingerprint density at radius 1 is 1.08 bits per heavy atom. The minimum atomic E-state index is -0.0823. The Hall–Kier alpha value is -1.72. The smallest absolute Gasteiger partial charge is 0.240 e. The largest absolute Gasteiger partial charge is 0.373 e. The summed E-state index contributed by atoms with van der Waals surface area (Å²) in [5.41, 5.74) is 2.52. The van der Waals surface area contributed by atoms with E-state index in [1.807, 2.05) is 0 Å². The molecule has 26 heavy (non-hydrogen) atoms. The van der Waals surface area contributed by atoms with Crippen LogP contribution < -0.4 is 0 Å². The van der Waals surface area contributed by atoms with Gasteiger partial charge in [-0.3, -0.25) is 4.90 Å². The Bertz CT molecular complexity index is 724. The summed E-state index contributed by atoms with van der Waals surface area (Å²) in [7, 11) is 0. The van der Waals surface area contributed by atoms with Crippen LogP contribution in [0.25, 0.3) is 0 Å². The van der Waals surface area contributed by atoms with E-state index in [1.165, 1.54) is 24.0 Å². The van der Waals surface area contributed by atoms with Crippen LogP contribution in [0.1, 0.15) is 62.4 Å². The standard InChI is InChI=1S/C21H29N3O2/c1-15-6-8-18(9-7-15)21(10-4-5-11-21)20-22-19(26-23-20)14-24-12-16(2)25-17(3)13-24/h6-9,16-17H,4-5,10-14H2,1-3H3/t16-,17+. The molecule has 2 heterocycles. The van der Waals surface area contributed by atoms with Crippen molar-refractivity contribution in [2.24, 2.45) is 0 Å². The lowest BCUT2D eigenvalue weighted by atomic mass is 9.78. The van der Waals surface area contributed by atoms with Crippen LogP contribution in [0.2, 0.25) is 0 Å². The summed E-state index contributed by atoms with van der Waals surface area (Å²) in [4.78, 5) is 7.20. The fourth-order valence-electron chi connectivity index (χ4n) is 4.61. The van der Waals surface area contributed by atoms with Crippen molar-refractivity contribution in [1.82, 2.24) is 15.0 Å². The molecule has 2 aromatic rings. The van der Waals surface area contributed by atoms with Gasteiger partial charge in [-0.15, -0.1) is 0 Å². The highest BCUT2D eigenvalue weighted by Gasteiger charge is 2.41. The molecule has 0 spiro atoms. The monoisotopic (exact) mass is 355 g/mol. The molecule has 2 atom stereocenters. The summed E-state index contributed by atoms with van der Waals surface area (Å²) < 4.78 is 11.5. The lowest BCUT2D eigenvalue weighted by Gasteiger charge is -2.34. The first-order valence-corrected chi connectivity index (χ1v) is 9.83. The molecule has 1 aromatic heterocycles. The van der Waals surface area contributed by atoms with Gasteiger partial charge in [0, 0.05) is 13.1 Å². The SMILES string of the molecule is Cc1ccc(C2(c3noc(CN4C[C@@H](C)O[C@@H](C)C4)n3)CCCC2)cc1. The summed E-state index contributed by atoms with van der Waals surface area (Å²) in [6, 6.07) is 8.85. The minimum Gasteiger partial charge on any atom is -0.373 e. The second kappa shape index (κ2) is 7.12. The number of rotatable bonds is 4. The molecular formula is C21H29N3O2. The van der Waals surface area contributed by atoms with Crippen LogP contribution in [0.4, 0.5) is 0 Å². The van der Waals surface area contributed by atoms with Crippen LogP contribution in [-0.2, 0) is 16.7 Å². The second-order valence-electron chi connectivity index (χ2n) is 8.12. The van der Waals surface area contributed by atoms with E-state index in [0.29, 0.717) is 6.54 Å². The zero-order valence-electron chi connectivity index (χ0n) is 16.1. The number of aryl methyl sites for hydroxylation is 1. The molecule has 2 fully saturated rings. The zero-order chi connectivity index (χ0) is 18.1. The highest BCUT2D eigenvalue weighted by molar-refractivity contribution is 5.35. The van der Waals surface area contributed by atoms with Crippen molar-refractivity contribution in [3.05, 3.63) is 47.1 Å². The molecule has 0 bridgehead atoms. The molecule has 1 saturated heterocycles. The number of benzene rings is 1. The molecule has 1 saturated carbocycles. The third-order valence-corrected chi connectivity index (χ3v) is 5.81. The van der Waals surface area contributed by atoms with Crippen molar-refractivity contribution in [3.8, 4) is 0 Å². The molecule has 1 aromatic carbocycles. The molecule has 4 rings (SSSR count). The molecule has 5 heteroatoms. The Balaban J connectivity index is 1.56. The van der Waals surface area contributed by atoms with Crippen molar-refractivity contribution in [2.45, 2.75) is 70.6 Å². The predicted octanol–water partition coefficient (Wildman–Crippen LogP) is 3.85. The summed E-state index contributed by atoms with van der Waals surface area (Å²) >= 11 is 0. The summed E-state index contributed by atoms with van der Waals surface area (Å²) in [5, 5.41) is 4.43.